The fourth-order valence-electron chi connectivity index (χ4n) is 2.77. The van der Waals surface area contributed by atoms with E-state index in [2.05, 4.69) is 4.98 Å². The highest BCUT2D eigenvalue weighted by atomic mass is 32.2. The Morgan fingerprint density at radius 2 is 1.87 bits per heavy atom. The molecule has 5 nitrogen and oxygen atoms in total. The van der Waals surface area contributed by atoms with Crippen molar-refractivity contribution in [2.45, 2.75) is 43.2 Å². The molecule has 10 heteroatoms. The lowest BCUT2D eigenvalue weighted by Gasteiger charge is -2.36. The Labute approximate surface area is 137 Å². The molecule has 0 aromatic carbocycles. The first-order valence-corrected chi connectivity index (χ1v) is 9.82. The minimum Gasteiger partial charge on any atom is -0.348 e. The van der Waals surface area contributed by atoms with E-state index in [4.69, 9.17) is 0 Å². The Morgan fingerprint density at radius 1 is 1.26 bits per heavy atom. The Hall–Kier alpha value is -0.870. The van der Waals surface area contributed by atoms with Crippen molar-refractivity contribution in [3.63, 3.8) is 0 Å². The van der Waals surface area contributed by atoms with Crippen LogP contribution in [0, 0.1) is 0 Å². The molecule has 0 unspecified atom stereocenters. The number of hydrogen-bond donors (Lipinski definition) is 0. The highest BCUT2D eigenvalue weighted by molar-refractivity contribution is 7.90. The number of hydrogen-bond acceptors (Lipinski definition) is 5. The predicted molar refractivity (Wildman–Crippen MR) is 82.1 cm³/mol. The van der Waals surface area contributed by atoms with Crippen molar-refractivity contribution in [1.82, 2.24) is 9.29 Å². The topological polar surface area (TPSA) is 53.5 Å². The van der Waals surface area contributed by atoms with Crippen LogP contribution in [-0.4, -0.2) is 49.1 Å². The van der Waals surface area contributed by atoms with Gasteiger partial charge < -0.3 is 4.90 Å². The van der Waals surface area contributed by atoms with Gasteiger partial charge in [0.25, 0.3) is 0 Å². The molecule has 1 aromatic heterocycles. The van der Waals surface area contributed by atoms with E-state index in [0.717, 1.165) is 29.6 Å². The Bertz CT molecular complexity index is 662. The first kappa shape index (κ1) is 17.0. The van der Waals surface area contributed by atoms with Crippen molar-refractivity contribution in [3.8, 4) is 0 Å². The second-order valence-electron chi connectivity index (χ2n) is 5.99. The maximum absolute atomic E-state index is 12.6. The molecule has 0 amide bonds. The molecular formula is C13H18F3N3O2S2. The Morgan fingerprint density at radius 3 is 2.35 bits per heavy atom. The van der Waals surface area contributed by atoms with E-state index in [0.29, 0.717) is 31.1 Å². The molecule has 3 rings (SSSR count). The van der Waals surface area contributed by atoms with Gasteiger partial charge in [0.2, 0.25) is 10.0 Å². The number of nitrogens with zero attached hydrogens (tertiary/aromatic N) is 3. The monoisotopic (exact) mass is 369 g/mol. The van der Waals surface area contributed by atoms with Crippen molar-refractivity contribution < 1.29 is 21.6 Å². The van der Waals surface area contributed by atoms with Gasteiger partial charge in [-0.05, 0) is 25.7 Å². The lowest BCUT2D eigenvalue weighted by molar-refractivity contribution is -0.140. The third kappa shape index (κ3) is 3.48. The summed E-state index contributed by atoms with van der Waals surface area (Å²) in [7, 11) is -1.60. The summed E-state index contributed by atoms with van der Waals surface area (Å²) in [5.74, 6) is 0. The van der Waals surface area contributed by atoms with Gasteiger partial charge in [-0.15, -0.1) is 11.3 Å². The number of rotatable bonds is 4. The number of anilines is 1. The van der Waals surface area contributed by atoms with Crippen LogP contribution in [0.3, 0.4) is 0 Å². The van der Waals surface area contributed by atoms with Crippen LogP contribution in [0.2, 0.25) is 0 Å². The highest BCUT2D eigenvalue weighted by Crippen LogP contribution is 2.35. The zero-order chi connectivity index (χ0) is 16.8. The summed E-state index contributed by atoms with van der Waals surface area (Å²) in [6.07, 6.45) is -1.77. The smallest absolute Gasteiger partial charge is 0.348 e. The van der Waals surface area contributed by atoms with Crippen molar-refractivity contribution in [1.29, 1.82) is 0 Å². The lowest BCUT2D eigenvalue weighted by Crippen LogP contribution is -2.46. The van der Waals surface area contributed by atoms with E-state index < -0.39 is 21.9 Å². The van der Waals surface area contributed by atoms with Crippen LogP contribution < -0.4 is 4.90 Å². The lowest BCUT2D eigenvalue weighted by atomic mass is 10.1. The van der Waals surface area contributed by atoms with Crippen LogP contribution in [-0.2, 0) is 16.2 Å². The normalized spacial score (nSPS) is 21.2. The quantitative estimate of drug-likeness (QED) is 0.819. The van der Waals surface area contributed by atoms with Crippen LogP contribution >= 0.6 is 11.3 Å². The summed E-state index contributed by atoms with van der Waals surface area (Å²) >= 11 is 0.976. The molecule has 0 bridgehead atoms. The molecule has 1 aromatic rings. The molecule has 2 heterocycles. The van der Waals surface area contributed by atoms with Gasteiger partial charge in [0.05, 0.1) is 5.25 Å². The van der Waals surface area contributed by atoms with Gasteiger partial charge in [-0.3, -0.25) is 0 Å². The number of alkyl halides is 3. The van der Waals surface area contributed by atoms with Crippen LogP contribution in [0.15, 0.2) is 5.38 Å². The number of sulfonamides is 1. The van der Waals surface area contributed by atoms with E-state index in [9.17, 15) is 21.6 Å². The van der Waals surface area contributed by atoms with Crippen molar-refractivity contribution in [2.75, 3.05) is 25.0 Å². The van der Waals surface area contributed by atoms with E-state index >= 15 is 0 Å². The van der Waals surface area contributed by atoms with E-state index in [-0.39, 0.29) is 11.3 Å². The summed E-state index contributed by atoms with van der Waals surface area (Å²) in [5, 5.41) is 1.13. The minimum atomic E-state index is -4.42. The molecule has 130 valence electrons. The number of piperidine rings is 1. The SMILES string of the molecule is CN(C1CCN(c2nc(C(F)(F)F)cs2)CC1)S(=O)(=O)C1CC1. The molecule has 2 fully saturated rings. The zero-order valence-corrected chi connectivity index (χ0v) is 14.2. The second-order valence-corrected chi connectivity index (χ2v) is 9.10. The van der Waals surface area contributed by atoms with Gasteiger partial charge in [0.15, 0.2) is 10.8 Å². The summed E-state index contributed by atoms with van der Waals surface area (Å²) in [6.45, 7) is 1.03. The minimum absolute atomic E-state index is 0.0844. The van der Waals surface area contributed by atoms with Crippen LogP contribution in [0.4, 0.5) is 18.3 Å². The van der Waals surface area contributed by atoms with E-state index in [1.165, 1.54) is 4.31 Å². The van der Waals surface area contributed by atoms with Crippen LogP contribution in [0.25, 0.3) is 0 Å². The van der Waals surface area contributed by atoms with Gasteiger partial charge in [-0.1, -0.05) is 0 Å². The standard InChI is InChI=1S/C13H18F3N3O2S2/c1-18(23(20,21)10-2-3-10)9-4-6-19(7-5-9)12-17-11(8-22-12)13(14,15)16/h8-10H,2-7H2,1H3. The first-order valence-electron chi connectivity index (χ1n) is 7.44. The highest BCUT2D eigenvalue weighted by Gasteiger charge is 2.41. The molecule has 2 aliphatic rings. The maximum Gasteiger partial charge on any atom is 0.434 e. The molecule has 1 saturated heterocycles. The van der Waals surface area contributed by atoms with Gasteiger partial charge in [0, 0.05) is 31.6 Å². The van der Waals surface area contributed by atoms with E-state index in [1.54, 1.807) is 11.9 Å². The average Bonchev–Trinajstić information content (AvgIpc) is 3.23. The molecule has 1 aliphatic carbocycles. The largest absolute Gasteiger partial charge is 0.434 e. The molecule has 1 aliphatic heterocycles. The molecule has 23 heavy (non-hydrogen) atoms. The van der Waals surface area contributed by atoms with Crippen LogP contribution in [0.1, 0.15) is 31.4 Å². The van der Waals surface area contributed by atoms with E-state index in [1.807, 2.05) is 0 Å². The molecular weight excluding hydrogens is 351 g/mol. The third-order valence-electron chi connectivity index (χ3n) is 4.38. The Kier molecular flexibility index (Phi) is 4.35. The molecule has 0 atom stereocenters. The maximum atomic E-state index is 12.6. The summed E-state index contributed by atoms with van der Waals surface area (Å²) in [4.78, 5) is 5.45. The van der Waals surface area contributed by atoms with Crippen molar-refractivity contribution in [2.24, 2.45) is 0 Å². The number of aromatic nitrogens is 1. The predicted octanol–water partition coefficient (Wildman–Crippen LogP) is 2.55. The summed E-state index contributed by atoms with van der Waals surface area (Å²) < 4.78 is 63.7. The fourth-order valence-corrected chi connectivity index (χ4v) is 5.48. The summed E-state index contributed by atoms with van der Waals surface area (Å²) in [6, 6.07) is -0.0844. The molecule has 0 N–H and O–H groups in total. The fraction of sp³-hybridized carbons (Fsp3) is 0.769. The van der Waals surface area contributed by atoms with Gasteiger partial charge >= 0.3 is 6.18 Å². The zero-order valence-electron chi connectivity index (χ0n) is 12.6. The van der Waals surface area contributed by atoms with Gasteiger partial charge in [-0.25, -0.2) is 17.7 Å². The molecule has 0 radical (unpaired) electrons. The van der Waals surface area contributed by atoms with Crippen molar-refractivity contribution in [3.05, 3.63) is 11.1 Å². The van der Waals surface area contributed by atoms with Gasteiger partial charge in [-0.2, -0.15) is 13.2 Å². The van der Waals surface area contributed by atoms with Crippen molar-refractivity contribution >= 4 is 26.5 Å². The molecule has 1 saturated carbocycles. The van der Waals surface area contributed by atoms with Gasteiger partial charge in [0.1, 0.15) is 0 Å². The Balaban J connectivity index is 1.61. The average molecular weight is 369 g/mol. The number of thiazole rings is 1. The number of halogens is 3. The first-order chi connectivity index (χ1) is 10.7. The summed E-state index contributed by atoms with van der Waals surface area (Å²) in [5.41, 5.74) is -0.868. The third-order valence-corrected chi connectivity index (χ3v) is 7.69. The molecule has 0 spiro atoms. The van der Waals surface area contributed by atoms with Crippen LogP contribution in [0.5, 0.6) is 0 Å². The second kappa shape index (κ2) is 5.89.